The molecular weight excluding hydrogens is 194 g/mol. The number of methoxy groups -OCH3 is 1. The van der Waals surface area contributed by atoms with Gasteiger partial charge in [0.15, 0.2) is 5.82 Å². The van der Waals surface area contributed by atoms with Crippen LogP contribution in [-0.2, 0) is 6.54 Å². The molecule has 2 aromatic heterocycles. The fraction of sp³-hybridized carbons (Fsp3) is 0.222. The lowest BCUT2D eigenvalue weighted by Crippen LogP contribution is -2.06. The highest BCUT2D eigenvalue weighted by molar-refractivity contribution is 5.30. The maximum absolute atomic E-state index is 5.46. The quantitative estimate of drug-likeness (QED) is 0.780. The molecule has 0 unspecified atom stereocenters. The number of nitrogen functional groups attached to an aromatic ring is 1. The zero-order valence-corrected chi connectivity index (χ0v) is 8.29. The molecule has 0 aliphatic rings. The van der Waals surface area contributed by atoms with E-state index in [9.17, 15) is 0 Å². The highest BCUT2D eigenvalue weighted by Gasteiger charge is 2.04. The van der Waals surface area contributed by atoms with E-state index in [-0.39, 0.29) is 0 Å². The zero-order chi connectivity index (χ0) is 10.7. The second kappa shape index (κ2) is 3.95. The van der Waals surface area contributed by atoms with Gasteiger partial charge in [-0.25, -0.2) is 0 Å². The number of hydrogen-bond acceptors (Lipinski definition) is 5. The van der Waals surface area contributed by atoms with E-state index in [1.165, 1.54) is 11.0 Å². The van der Waals surface area contributed by atoms with Crippen molar-refractivity contribution in [1.82, 2.24) is 20.0 Å². The lowest BCUT2D eigenvalue weighted by atomic mass is 10.2. The molecule has 6 nitrogen and oxygen atoms in total. The van der Waals surface area contributed by atoms with Crippen molar-refractivity contribution in [2.45, 2.75) is 6.54 Å². The normalized spacial score (nSPS) is 10.2. The molecule has 0 aliphatic carbocycles. The third-order valence-electron chi connectivity index (χ3n) is 1.94. The molecule has 0 fully saturated rings. The Morgan fingerprint density at radius 2 is 2.33 bits per heavy atom. The standard InChI is InChI=1S/C9H11N5O/c1-15-8-2-3-11-4-7(8)6-14-12-5-9(10)13-14/h2-5H,6H2,1H3,(H2,10,13). The lowest BCUT2D eigenvalue weighted by molar-refractivity contribution is 0.404. The fourth-order valence-corrected chi connectivity index (χ4v) is 1.27. The first-order valence-electron chi connectivity index (χ1n) is 4.42. The topological polar surface area (TPSA) is 78.8 Å². The average molecular weight is 205 g/mol. The van der Waals surface area contributed by atoms with Gasteiger partial charge in [0.05, 0.1) is 19.9 Å². The number of aromatic nitrogens is 4. The number of pyridine rings is 1. The third kappa shape index (κ3) is 2.04. The Balaban J connectivity index is 2.23. The molecule has 6 heteroatoms. The van der Waals surface area contributed by atoms with Gasteiger partial charge < -0.3 is 10.5 Å². The summed E-state index contributed by atoms with van der Waals surface area (Å²) in [6.45, 7) is 0.494. The van der Waals surface area contributed by atoms with Gasteiger partial charge in [0.2, 0.25) is 0 Å². The molecular formula is C9H11N5O. The van der Waals surface area contributed by atoms with Crippen LogP contribution in [0.5, 0.6) is 5.75 Å². The van der Waals surface area contributed by atoms with Gasteiger partial charge in [0, 0.05) is 18.0 Å². The van der Waals surface area contributed by atoms with Gasteiger partial charge in [0.25, 0.3) is 0 Å². The average Bonchev–Trinajstić information content (AvgIpc) is 2.65. The Kier molecular flexibility index (Phi) is 2.49. The first kappa shape index (κ1) is 9.45. The summed E-state index contributed by atoms with van der Waals surface area (Å²) in [6, 6.07) is 1.79. The molecule has 0 atom stereocenters. The van der Waals surface area contributed by atoms with Crippen LogP contribution in [0.4, 0.5) is 5.82 Å². The van der Waals surface area contributed by atoms with Crippen LogP contribution in [-0.4, -0.2) is 27.1 Å². The van der Waals surface area contributed by atoms with Crippen LogP contribution in [0.15, 0.2) is 24.7 Å². The summed E-state index contributed by atoms with van der Waals surface area (Å²) in [5, 5.41) is 7.97. The van der Waals surface area contributed by atoms with Crippen LogP contribution < -0.4 is 10.5 Å². The molecule has 0 bridgehead atoms. The SMILES string of the molecule is COc1ccncc1Cn1ncc(N)n1. The second-order valence-corrected chi connectivity index (χ2v) is 2.99. The smallest absolute Gasteiger partial charge is 0.165 e. The summed E-state index contributed by atoms with van der Waals surface area (Å²) in [4.78, 5) is 5.51. The highest BCUT2D eigenvalue weighted by atomic mass is 16.5. The van der Waals surface area contributed by atoms with Crippen molar-refractivity contribution >= 4 is 5.82 Å². The van der Waals surface area contributed by atoms with Crippen molar-refractivity contribution in [3.05, 3.63) is 30.2 Å². The fourth-order valence-electron chi connectivity index (χ4n) is 1.27. The van der Waals surface area contributed by atoms with Gasteiger partial charge in [-0.05, 0) is 6.07 Å². The van der Waals surface area contributed by atoms with Gasteiger partial charge in [-0.3, -0.25) is 4.98 Å². The monoisotopic (exact) mass is 205 g/mol. The van der Waals surface area contributed by atoms with E-state index in [4.69, 9.17) is 10.5 Å². The van der Waals surface area contributed by atoms with Crippen molar-refractivity contribution in [3.8, 4) is 5.75 Å². The van der Waals surface area contributed by atoms with Gasteiger partial charge in [0.1, 0.15) is 5.75 Å². The molecule has 0 aromatic carbocycles. The molecule has 0 saturated carbocycles. The molecule has 2 N–H and O–H groups in total. The van der Waals surface area contributed by atoms with Gasteiger partial charge in [-0.15, -0.1) is 5.10 Å². The van der Waals surface area contributed by atoms with E-state index in [1.54, 1.807) is 25.6 Å². The summed E-state index contributed by atoms with van der Waals surface area (Å²) in [5.74, 6) is 1.17. The highest BCUT2D eigenvalue weighted by Crippen LogP contribution is 2.16. The summed E-state index contributed by atoms with van der Waals surface area (Å²) in [7, 11) is 1.61. The minimum absolute atomic E-state index is 0.401. The molecule has 2 rings (SSSR count). The number of nitrogens with zero attached hydrogens (tertiary/aromatic N) is 4. The van der Waals surface area contributed by atoms with Crippen LogP contribution in [0.1, 0.15) is 5.56 Å². The maximum atomic E-state index is 5.46. The maximum Gasteiger partial charge on any atom is 0.165 e. The predicted octanol–water partition coefficient (Wildman–Crippen LogP) is 0.312. The van der Waals surface area contributed by atoms with Crippen LogP contribution in [0.3, 0.4) is 0 Å². The van der Waals surface area contributed by atoms with Gasteiger partial charge in [-0.1, -0.05) is 0 Å². The van der Waals surface area contributed by atoms with E-state index in [0.717, 1.165) is 11.3 Å². The minimum Gasteiger partial charge on any atom is -0.496 e. The number of hydrogen-bond donors (Lipinski definition) is 1. The van der Waals surface area contributed by atoms with Crippen molar-refractivity contribution in [2.24, 2.45) is 0 Å². The second-order valence-electron chi connectivity index (χ2n) is 2.99. The summed E-state index contributed by atoms with van der Waals surface area (Å²) < 4.78 is 5.18. The van der Waals surface area contributed by atoms with Crippen LogP contribution in [0.25, 0.3) is 0 Å². The molecule has 0 saturated heterocycles. The van der Waals surface area contributed by atoms with Crippen molar-refractivity contribution < 1.29 is 4.74 Å². The molecule has 0 spiro atoms. The Hall–Kier alpha value is -2.11. The molecule has 0 amide bonds. The summed E-state index contributed by atoms with van der Waals surface area (Å²) >= 11 is 0. The lowest BCUT2D eigenvalue weighted by Gasteiger charge is -2.06. The third-order valence-corrected chi connectivity index (χ3v) is 1.94. The zero-order valence-electron chi connectivity index (χ0n) is 8.29. The minimum atomic E-state index is 0.401. The van der Waals surface area contributed by atoms with E-state index >= 15 is 0 Å². The molecule has 0 aliphatic heterocycles. The van der Waals surface area contributed by atoms with E-state index < -0.39 is 0 Å². The van der Waals surface area contributed by atoms with Crippen molar-refractivity contribution in [1.29, 1.82) is 0 Å². The predicted molar refractivity (Wildman–Crippen MR) is 54.3 cm³/mol. The van der Waals surface area contributed by atoms with E-state index in [1.807, 2.05) is 0 Å². The Morgan fingerprint density at radius 3 is 3.00 bits per heavy atom. The van der Waals surface area contributed by atoms with E-state index in [2.05, 4.69) is 15.2 Å². The molecule has 78 valence electrons. The van der Waals surface area contributed by atoms with Crippen molar-refractivity contribution in [2.75, 3.05) is 12.8 Å². The van der Waals surface area contributed by atoms with Crippen molar-refractivity contribution in [3.63, 3.8) is 0 Å². The number of nitrogens with two attached hydrogens (primary N) is 1. The largest absolute Gasteiger partial charge is 0.496 e. The summed E-state index contributed by atoms with van der Waals surface area (Å²) in [6.07, 6.45) is 4.90. The molecule has 0 radical (unpaired) electrons. The van der Waals surface area contributed by atoms with Crippen LogP contribution in [0, 0.1) is 0 Å². The molecule has 2 heterocycles. The summed E-state index contributed by atoms with van der Waals surface area (Å²) in [5.41, 5.74) is 6.37. The Labute approximate surface area is 86.7 Å². The Bertz CT molecular complexity index is 453. The van der Waals surface area contributed by atoms with Crippen LogP contribution in [0.2, 0.25) is 0 Å². The molecule has 15 heavy (non-hydrogen) atoms. The van der Waals surface area contributed by atoms with Crippen LogP contribution >= 0.6 is 0 Å². The number of ether oxygens (including phenoxy) is 1. The van der Waals surface area contributed by atoms with Gasteiger partial charge in [-0.2, -0.15) is 9.90 Å². The first-order valence-corrected chi connectivity index (χ1v) is 4.42. The number of rotatable bonds is 3. The van der Waals surface area contributed by atoms with E-state index in [0.29, 0.717) is 12.4 Å². The number of anilines is 1. The van der Waals surface area contributed by atoms with Gasteiger partial charge >= 0.3 is 0 Å². The molecule has 2 aromatic rings. The first-order chi connectivity index (χ1) is 7.29. The Morgan fingerprint density at radius 1 is 1.47 bits per heavy atom.